The standard InChI is InChI=1S/C15H15IO3/c1-3-15(2,16)14(18)19-13-9-5-6-10-11(13)7-4-8-12(10)17/h4-9,17H,3H2,1-2H3. The highest BCUT2D eigenvalue weighted by Gasteiger charge is 2.30. The zero-order chi connectivity index (χ0) is 14.0. The van der Waals surface area contributed by atoms with Crippen molar-refractivity contribution in [3.8, 4) is 11.5 Å². The Balaban J connectivity index is 2.42. The van der Waals surface area contributed by atoms with Crippen LogP contribution in [-0.2, 0) is 4.79 Å². The third-order valence-corrected chi connectivity index (χ3v) is 4.35. The molecule has 1 atom stereocenters. The van der Waals surface area contributed by atoms with Crippen LogP contribution in [0.15, 0.2) is 36.4 Å². The van der Waals surface area contributed by atoms with Gasteiger partial charge in [0.1, 0.15) is 14.9 Å². The van der Waals surface area contributed by atoms with E-state index in [1.807, 2.05) is 19.9 Å². The molecule has 3 nitrogen and oxygen atoms in total. The summed E-state index contributed by atoms with van der Waals surface area (Å²) < 4.78 is 4.94. The van der Waals surface area contributed by atoms with E-state index in [0.29, 0.717) is 17.6 Å². The van der Waals surface area contributed by atoms with E-state index in [0.717, 1.165) is 5.39 Å². The largest absolute Gasteiger partial charge is 0.507 e. The molecule has 0 bridgehead atoms. The van der Waals surface area contributed by atoms with Gasteiger partial charge in [-0.05, 0) is 25.5 Å². The van der Waals surface area contributed by atoms with Crippen molar-refractivity contribution >= 4 is 39.3 Å². The Morgan fingerprint density at radius 1 is 1.26 bits per heavy atom. The van der Waals surface area contributed by atoms with E-state index >= 15 is 0 Å². The number of phenolic OH excluding ortho intramolecular Hbond substituents is 1. The molecule has 0 amide bonds. The van der Waals surface area contributed by atoms with Gasteiger partial charge in [-0.3, -0.25) is 4.79 Å². The van der Waals surface area contributed by atoms with Gasteiger partial charge >= 0.3 is 5.97 Å². The maximum Gasteiger partial charge on any atom is 0.327 e. The predicted octanol–water partition coefficient (Wildman–Crippen LogP) is 4.05. The molecule has 0 fully saturated rings. The van der Waals surface area contributed by atoms with Gasteiger partial charge in [-0.15, -0.1) is 0 Å². The van der Waals surface area contributed by atoms with E-state index < -0.39 is 3.42 Å². The molecule has 2 aromatic rings. The van der Waals surface area contributed by atoms with Crippen LogP contribution in [0.4, 0.5) is 0 Å². The van der Waals surface area contributed by atoms with E-state index in [-0.39, 0.29) is 11.7 Å². The Kier molecular flexibility index (Phi) is 3.99. The summed E-state index contributed by atoms with van der Waals surface area (Å²) in [4.78, 5) is 12.1. The van der Waals surface area contributed by atoms with Crippen molar-refractivity contribution < 1.29 is 14.6 Å². The monoisotopic (exact) mass is 370 g/mol. The third-order valence-electron chi connectivity index (χ3n) is 3.15. The highest BCUT2D eigenvalue weighted by Crippen LogP contribution is 2.33. The summed E-state index contributed by atoms with van der Waals surface area (Å²) in [6.45, 7) is 3.79. The number of fused-ring (bicyclic) bond motifs is 1. The fourth-order valence-electron chi connectivity index (χ4n) is 1.70. The van der Waals surface area contributed by atoms with Crippen LogP contribution < -0.4 is 4.74 Å². The Morgan fingerprint density at radius 2 is 1.89 bits per heavy atom. The number of rotatable bonds is 3. The van der Waals surface area contributed by atoms with Gasteiger partial charge in [-0.25, -0.2) is 0 Å². The van der Waals surface area contributed by atoms with Crippen molar-refractivity contribution in [1.82, 2.24) is 0 Å². The van der Waals surface area contributed by atoms with Gasteiger partial charge in [0.05, 0.1) is 0 Å². The van der Waals surface area contributed by atoms with Crippen LogP contribution in [0.2, 0.25) is 0 Å². The molecule has 0 saturated carbocycles. The number of carbonyl (C=O) groups is 1. The van der Waals surface area contributed by atoms with Crippen molar-refractivity contribution in [3.05, 3.63) is 36.4 Å². The SMILES string of the molecule is CCC(C)(I)C(=O)Oc1cccc2c(O)cccc12. The van der Waals surface area contributed by atoms with Crippen LogP contribution in [0.5, 0.6) is 11.5 Å². The Hall–Kier alpha value is -1.30. The average Bonchev–Trinajstić information content (AvgIpc) is 2.40. The van der Waals surface area contributed by atoms with Crippen LogP contribution in [0.3, 0.4) is 0 Å². The lowest BCUT2D eigenvalue weighted by Crippen LogP contribution is -2.31. The summed E-state index contributed by atoms with van der Waals surface area (Å²) >= 11 is 2.10. The Labute approximate surface area is 125 Å². The van der Waals surface area contributed by atoms with Gasteiger partial charge < -0.3 is 9.84 Å². The molecule has 2 rings (SSSR count). The number of hydrogen-bond donors (Lipinski definition) is 1. The summed E-state index contributed by atoms with van der Waals surface area (Å²) in [6.07, 6.45) is 0.697. The van der Waals surface area contributed by atoms with Gasteiger partial charge in [0.2, 0.25) is 0 Å². The topological polar surface area (TPSA) is 46.5 Å². The number of hydrogen-bond acceptors (Lipinski definition) is 3. The smallest absolute Gasteiger partial charge is 0.327 e. The molecule has 0 spiro atoms. The van der Waals surface area contributed by atoms with Crippen LogP contribution in [0.1, 0.15) is 20.3 Å². The molecule has 0 radical (unpaired) electrons. The summed E-state index contributed by atoms with van der Waals surface area (Å²) in [6, 6.07) is 10.5. The minimum atomic E-state index is -0.545. The summed E-state index contributed by atoms with van der Waals surface area (Å²) in [5.74, 6) is 0.393. The first-order valence-electron chi connectivity index (χ1n) is 6.07. The lowest BCUT2D eigenvalue weighted by Gasteiger charge is -2.19. The number of halogens is 1. The van der Waals surface area contributed by atoms with Crippen molar-refractivity contribution in [1.29, 1.82) is 0 Å². The van der Waals surface area contributed by atoms with E-state index in [4.69, 9.17) is 4.74 Å². The second-order valence-electron chi connectivity index (χ2n) is 4.57. The van der Waals surface area contributed by atoms with Crippen molar-refractivity contribution in [2.75, 3.05) is 0 Å². The van der Waals surface area contributed by atoms with E-state index in [2.05, 4.69) is 22.6 Å². The molecule has 0 aromatic heterocycles. The number of esters is 1. The highest BCUT2D eigenvalue weighted by atomic mass is 127. The van der Waals surface area contributed by atoms with Gasteiger partial charge in [-0.2, -0.15) is 0 Å². The Morgan fingerprint density at radius 3 is 2.58 bits per heavy atom. The van der Waals surface area contributed by atoms with E-state index in [1.54, 1.807) is 30.3 Å². The lowest BCUT2D eigenvalue weighted by atomic mass is 10.1. The van der Waals surface area contributed by atoms with Gasteiger partial charge in [-0.1, -0.05) is 53.8 Å². The molecular weight excluding hydrogens is 355 g/mol. The average molecular weight is 370 g/mol. The first-order chi connectivity index (χ1) is 8.95. The minimum absolute atomic E-state index is 0.183. The van der Waals surface area contributed by atoms with Gasteiger partial charge in [0.25, 0.3) is 0 Å². The van der Waals surface area contributed by atoms with E-state index in [9.17, 15) is 9.90 Å². The van der Waals surface area contributed by atoms with E-state index in [1.165, 1.54) is 0 Å². The Bertz CT molecular complexity index is 620. The number of phenols is 1. The zero-order valence-electron chi connectivity index (χ0n) is 10.8. The number of alkyl halides is 1. The fourth-order valence-corrected chi connectivity index (χ4v) is 1.81. The maximum absolute atomic E-state index is 12.1. The molecule has 0 aliphatic heterocycles. The molecule has 0 aliphatic carbocycles. The van der Waals surface area contributed by atoms with Crippen molar-refractivity contribution in [3.63, 3.8) is 0 Å². The maximum atomic E-state index is 12.1. The molecule has 1 N–H and O–H groups in total. The summed E-state index contributed by atoms with van der Waals surface area (Å²) in [5, 5.41) is 11.2. The van der Waals surface area contributed by atoms with Gasteiger partial charge in [0.15, 0.2) is 0 Å². The van der Waals surface area contributed by atoms with Crippen molar-refractivity contribution in [2.24, 2.45) is 0 Å². The predicted molar refractivity (Wildman–Crippen MR) is 84.0 cm³/mol. The third kappa shape index (κ3) is 2.83. The summed E-state index contributed by atoms with van der Waals surface area (Å²) in [5.41, 5.74) is 0. The summed E-state index contributed by atoms with van der Waals surface area (Å²) in [7, 11) is 0. The highest BCUT2D eigenvalue weighted by molar-refractivity contribution is 14.1. The van der Waals surface area contributed by atoms with Gasteiger partial charge in [0, 0.05) is 10.8 Å². The molecular formula is C15H15IO3. The zero-order valence-corrected chi connectivity index (χ0v) is 13.0. The number of ether oxygens (including phenoxy) is 1. The normalized spacial score (nSPS) is 14.1. The van der Waals surface area contributed by atoms with Crippen LogP contribution in [0.25, 0.3) is 10.8 Å². The molecule has 0 saturated heterocycles. The quantitative estimate of drug-likeness (QED) is 0.384. The molecule has 4 heteroatoms. The second-order valence-corrected chi connectivity index (χ2v) is 6.95. The van der Waals surface area contributed by atoms with Crippen LogP contribution in [0, 0.1) is 0 Å². The number of aromatic hydroxyl groups is 1. The first kappa shape index (κ1) is 14.1. The van der Waals surface area contributed by atoms with Crippen LogP contribution in [-0.4, -0.2) is 14.5 Å². The molecule has 19 heavy (non-hydrogen) atoms. The number of carbonyl (C=O) groups excluding carboxylic acids is 1. The molecule has 2 aromatic carbocycles. The fraction of sp³-hybridized carbons (Fsp3) is 0.267. The van der Waals surface area contributed by atoms with Crippen LogP contribution >= 0.6 is 22.6 Å². The lowest BCUT2D eigenvalue weighted by molar-refractivity contribution is -0.136. The second kappa shape index (κ2) is 5.36. The molecule has 0 aliphatic rings. The molecule has 1 unspecified atom stereocenters. The number of benzene rings is 2. The first-order valence-corrected chi connectivity index (χ1v) is 7.15. The van der Waals surface area contributed by atoms with Crippen molar-refractivity contribution in [2.45, 2.75) is 23.7 Å². The molecule has 0 heterocycles. The minimum Gasteiger partial charge on any atom is -0.507 e. The molecule has 100 valence electrons.